The van der Waals surface area contributed by atoms with Crippen LogP contribution >= 0.6 is 46.1 Å². The normalized spacial score (nSPS) is 11.2. The minimum atomic E-state index is -0.375. The third-order valence-electron chi connectivity index (χ3n) is 4.02. The van der Waals surface area contributed by atoms with Crippen molar-refractivity contribution in [3.63, 3.8) is 0 Å². The van der Waals surface area contributed by atoms with Crippen molar-refractivity contribution < 1.29 is 9.67 Å². The molecule has 4 rings (SSSR count). The van der Waals surface area contributed by atoms with Crippen LogP contribution in [0, 0.1) is 0 Å². The van der Waals surface area contributed by atoms with E-state index >= 15 is 0 Å². The van der Waals surface area contributed by atoms with E-state index in [-0.39, 0.29) is 17.0 Å². The maximum atomic E-state index is 13.1. The molecule has 0 amide bonds. The highest BCUT2D eigenvalue weighted by atomic mass is 35.5. The first-order chi connectivity index (χ1) is 12.9. The molecule has 27 heavy (non-hydrogen) atoms. The first-order valence-corrected chi connectivity index (χ1v) is 9.72. The van der Waals surface area contributed by atoms with Crippen molar-refractivity contribution in [2.45, 2.75) is 6.54 Å². The fourth-order valence-corrected chi connectivity index (χ4v) is 4.40. The van der Waals surface area contributed by atoms with E-state index in [2.05, 4.69) is 4.98 Å². The Kier molecular flexibility index (Phi) is 4.82. The molecule has 0 saturated carbocycles. The van der Waals surface area contributed by atoms with Crippen LogP contribution < -0.4 is 10.1 Å². The summed E-state index contributed by atoms with van der Waals surface area (Å²) in [6.45, 7) is 0.297. The number of pyridine rings is 1. The lowest BCUT2D eigenvalue weighted by Gasteiger charge is -2.10. The lowest BCUT2D eigenvalue weighted by Crippen LogP contribution is -2.41. The van der Waals surface area contributed by atoms with Gasteiger partial charge < -0.3 is 5.11 Å². The number of nitrogens with zero attached hydrogens (tertiary/aromatic N) is 3. The van der Waals surface area contributed by atoms with Gasteiger partial charge in [-0.2, -0.15) is 8.97 Å². The second kappa shape index (κ2) is 7.13. The first-order valence-electron chi connectivity index (χ1n) is 7.77. The van der Waals surface area contributed by atoms with Gasteiger partial charge in [0.25, 0.3) is 11.5 Å². The molecule has 4 aromatic rings. The van der Waals surface area contributed by atoms with Gasteiger partial charge in [0.1, 0.15) is 6.54 Å². The number of hydrogen-bond donors (Lipinski definition) is 1. The Labute approximate surface area is 172 Å². The van der Waals surface area contributed by atoms with E-state index < -0.39 is 0 Å². The van der Waals surface area contributed by atoms with E-state index in [4.69, 9.17) is 34.8 Å². The van der Waals surface area contributed by atoms with Gasteiger partial charge in [0, 0.05) is 27.9 Å². The van der Waals surface area contributed by atoms with Crippen molar-refractivity contribution in [2.75, 3.05) is 0 Å². The Balaban J connectivity index is 2.03. The van der Waals surface area contributed by atoms with Crippen LogP contribution in [0.1, 0.15) is 4.88 Å². The van der Waals surface area contributed by atoms with Crippen LogP contribution in [-0.2, 0) is 6.54 Å². The van der Waals surface area contributed by atoms with Gasteiger partial charge in [-0.05, 0) is 24.3 Å². The van der Waals surface area contributed by atoms with Crippen molar-refractivity contribution >= 4 is 51.8 Å². The van der Waals surface area contributed by atoms with Crippen LogP contribution in [0.2, 0.25) is 14.5 Å². The highest BCUT2D eigenvalue weighted by Gasteiger charge is 2.26. The number of halogens is 3. The van der Waals surface area contributed by atoms with E-state index in [0.717, 1.165) is 4.88 Å². The SMILES string of the molecule is O=c1c(-c2cc(Cl)cc(Cl)c2)c(O)[n+](Cc2cnc(Cl)s2)c2ccccn12. The molecule has 1 N–H and O–H groups in total. The van der Waals surface area contributed by atoms with E-state index in [1.54, 1.807) is 53.4 Å². The number of aromatic hydroxyl groups is 1. The van der Waals surface area contributed by atoms with Crippen LogP contribution in [0.25, 0.3) is 16.8 Å². The highest BCUT2D eigenvalue weighted by molar-refractivity contribution is 7.15. The molecule has 0 radical (unpaired) electrons. The molecule has 0 aliphatic carbocycles. The van der Waals surface area contributed by atoms with Crippen LogP contribution in [-0.4, -0.2) is 14.5 Å². The molecule has 1 aromatic carbocycles. The summed E-state index contributed by atoms with van der Waals surface area (Å²) in [4.78, 5) is 17.9. The summed E-state index contributed by atoms with van der Waals surface area (Å²) >= 11 is 19.4. The van der Waals surface area contributed by atoms with Crippen LogP contribution in [0.4, 0.5) is 0 Å². The van der Waals surface area contributed by atoms with Gasteiger partial charge in [-0.25, -0.2) is 9.78 Å². The fraction of sp³-hybridized carbons (Fsp3) is 0.0556. The zero-order valence-corrected chi connectivity index (χ0v) is 16.6. The zero-order chi connectivity index (χ0) is 19.1. The van der Waals surface area contributed by atoms with Crippen molar-refractivity contribution in [3.05, 3.63) is 78.5 Å². The monoisotopic (exact) mass is 438 g/mol. The number of thiazole rings is 1. The lowest BCUT2D eigenvalue weighted by atomic mass is 10.1. The predicted molar refractivity (Wildman–Crippen MR) is 107 cm³/mol. The largest absolute Gasteiger partial charge is 0.477 e. The fourth-order valence-electron chi connectivity index (χ4n) is 2.90. The van der Waals surface area contributed by atoms with Gasteiger partial charge in [-0.15, -0.1) is 11.3 Å². The Bertz CT molecular complexity index is 1220. The molecule has 3 heterocycles. The average Bonchev–Trinajstić information content (AvgIpc) is 3.03. The minimum absolute atomic E-state index is 0.110. The molecule has 0 fully saturated rings. The predicted octanol–water partition coefficient (Wildman–Crippen LogP) is 4.42. The number of hydrogen-bond acceptors (Lipinski definition) is 4. The molecule has 5 nitrogen and oxygen atoms in total. The summed E-state index contributed by atoms with van der Waals surface area (Å²) in [6, 6.07) is 10.0. The van der Waals surface area contributed by atoms with Gasteiger partial charge in [0.2, 0.25) is 0 Å². The van der Waals surface area contributed by atoms with Crippen LogP contribution in [0.5, 0.6) is 5.88 Å². The van der Waals surface area contributed by atoms with E-state index in [0.29, 0.717) is 32.3 Å². The molecular formula is C18H11Cl3N3O2S+. The molecule has 3 aromatic heterocycles. The highest BCUT2D eigenvalue weighted by Crippen LogP contribution is 2.29. The van der Waals surface area contributed by atoms with E-state index in [1.165, 1.54) is 15.7 Å². The van der Waals surface area contributed by atoms with Crippen molar-refractivity contribution in [1.82, 2.24) is 9.38 Å². The molecule has 0 aliphatic rings. The standard InChI is InChI=1S/C18H10Cl3N3O2S/c19-11-5-10(6-12(20)7-11)15-16(25)23-4-2-1-3-14(23)24(17(15)26)9-13-8-22-18(21)27-13/h1-8H,9H2/p+1. The summed E-state index contributed by atoms with van der Waals surface area (Å²) in [5, 5.41) is 11.7. The number of fused-ring (bicyclic) bond motifs is 1. The average molecular weight is 440 g/mol. The molecule has 0 atom stereocenters. The second-order valence-corrected chi connectivity index (χ2v) is 8.33. The van der Waals surface area contributed by atoms with Gasteiger partial charge >= 0.3 is 5.56 Å². The van der Waals surface area contributed by atoms with Crippen LogP contribution in [0.3, 0.4) is 0 Å². The number of benzene rings is 1. The zero-order valence-electron chi connectivity index (χ0n) is 13.6. The first kappa shape index (κ1) is 18.3. The van der Waals surface area contributed by atoms with E-state index in [9.17, 15) is 9.90 Å². The number of rotatable bonds is 3. The van der Waals surface area contributed by atoms with Gasteiger partial charge in [-0.3, -0.25) is 0 Å². The van der Waals surface area contributed by atoms with E-state index in [1.807, 2.05) is 0 Å². The number of aromatic nitrogens is 3. The van der Waals surface area contributed by atoms with Crippen molar-refractivity contribution in [2.24, 2.45) is 0 Å². The Morgan fingerprint density at radius 3 is 2.56 bits per heavy atom. The third kappa shape index (κ3) is 3.41. The van der Waals surface area contributed by atoms with Gasteiger partial charge in [-0.1, -0.05) is 40.9 Å². The molecule has 0 aliphatic heterocycles. The molecule has 136 valence electrons. The van der Waals surface area contributed by atoms with Crippen molar-refractivity contribution in [3.8, 4) is 17.0 Å². The lowest BCUT2D eigenvalue weighted by molar-refractivity contribution is -0.671. The maximum Gasteiger partial charge on any atom is 0.354 e. The maximum absolute atomic E-state index is 13.1. The Morgan fingerprint density at radius 2 is 1.89 bits per heavy atom. The third-order valence-corrected chi connectivity index (χ3v) is 5.55. The van der Waals surface area contributed by atoms with Crippen LogP contribution in [0.15, 0.2) is 53.6 Å². The quantitative estimate of drug-likeness (QED) is 0.481. The molecule has 9 heteroatoms. The Hall–Kier alpha value is -2.12. The second-order valence-electron chi connectivity index (χ2n) is 5.76. The topological polar surface area (TPSA) is 58.5 Å². The summed E-state index contributed by atoms with van der Waals surface area (Å²) in [6.07, 6.45) is 3.28. The molecule has 0 saturated heterocycles. The summed E-state index contributed by atoms with van der Waals surface area (Å²) < 4.78 is 3.49. The molecule has 0 bridgehead atoms. The smallest absolute Gasteiger partial charge is 0.354 e. The molecular weight excluding hydrogens is 429 g/mol. The minimum Gasteiger partial charge on any atom is -0.477 e. The Morgan fingerprint density at radius 1 is 1.15 bits per heavy atom. The van der Waals surface area contributed by atoms with Gasteiger partial charge in [0.15, 0.2) is 10.0 Å². The summed E-state index contributed by atoms with van der Waals surface area (Å²) in [5.41, 5.74) is 0.699. The molecule has 0 unspecified atom stereocenters. The summed E-state index contributed by atoms with van der Waals surface area (Å²) in [5.74, 6) is -0.186. The van der Waals surface area contributed by atoms with Gasteiger partial charge in [0.05, 0.1) is 11.1 Å². The molecule has 0 spiro atoms. The van der Waals surface area contributed by atoms with Crippen molar-refractivity contribution in [1.29, 1.82) is 0 Å². The summed E-state index contributed by atoms with van der Waals surface area (Å²) in [7, 11) is 0.